The molecule has 0 aliphatic carbocycles. The summed E-state index contributed by atoms with van der Waals surface area (Å²) in [5.41, 5.74) is 1.99. The molecule has 1 atom stereocenters. The van der Waals surface area contributed by atoms with E-state index in [1.165, 1.54) is 0 Å². The van der Waals surface area contributed by atoms with E-state index in [1.54, 1.807) is 0 Å². The average Bonchev–Trinajstić information content (AvgIpc) is 2.53. The van der Waals surface area contributed by atoms with Crippen molar-refractivity contribution in [3.63, 3.8) is 0 Å². The minimum atomic E-state index is -0.211. The minimum Gasteiger partial charge on any atom is -0.198 e. The van der Waals surface area contributed by atoms with Crippen molar-refractivity contribution in [1.29, 1.82) is 5.26 Å². The zero-order valence-corrected chi connectivity index (χ0v) is 12.2. The van der Waals surface area contributed by atoms with Crippen LogP contribution in [-0.4, -0.2) is 0 Å². The fraction of sp³-hybridized carbons (Fsp3) is 0.105. The number of nitrogens with zero attached hydrogens (tertiary/aromatic N) is 1. The number of allylic oxidation sites excluding steroid dienone is 1. The van der Waals surface area contributed by atoms with Crippen LogP contribution in [0.25, 0.3) is 6.08 Å². The summed E-state index contributed by atoms with van der Waals surface area (Å²) in [4.78, 5) is 0. The maximum Gasteiger partial charge on any atom is 0.0756 e. The highest BCUT2D eigenvalue weighted by atomic mass is 35.5. The third-order valence-corrected chi connectivity index (χ3v) is 3.14. The summed E-state index contributed by atoms with van der Waals surface area (Å²) in [5.74, 6) is 5.90. The van der Waals surface area contributed by atoms with Gasteiger partial charge in [0.05, 0.1) is 12.0 Å². The molecule has 102 valence electrons. The highest BCUT2D eigenvalue weighted by molar-refractivity contribution is 6.30. The maximum atomic E-state index is 9.16. The normalized spacial score (nSPS) is 11.4. The van der Waals surface area contributed by atoms with Crippen LogP contribution in [0.5, 0.6) is 0 Å². The van der Waals surface area contributed by atoms with Crippen molar-refractivity contribution < 1.29 is 0 Å². The molecule has 21 heavy (non-hydrogen) atoms. The lowest BCUT2D eigenvalue weighted by molar-refractivity contribution is 0.871. The van der Waals surface area contributed by atoms with Crippen LogP contribution >= 0.6 is 11.6 Å². The predicted molar refractivity (Wildman–Crippen MR) is 87.5 cm³/mol. The second-order valence-corrected chi connectivity index (χ2v) is 4.95. The first-order chi connectivity index (χ1) is 10.3. The Morgan fingerprint density at radius 1 is 1.05 bits per heavy atom. The van der Waals surface area contributed by atoms with E-state index < -0.39 is 0 Å². The van der Waals surface area contributed by atoms with Gasteiger partial charge in [0.1, 0.15) is 0 Å². The summed E-state index contributed by atoms with van der Waals surface area (Å²) >= 11 is 5.83. The lowest BCUT2D eigenvalue weighted by Crippen LogP contribution is -1.89. The summed E-state index contributed by atoms with van der Waals surface area (Å²) < 4.78 is 0. The van der Waals surface area contributed by atoms with Crippen LogP contribution in [0.4, 0.5) is 0 Å². The highest BCUT2D eigenvalue weighted by Gasteiger charge is 1.99. The Hall–Kier alpha value is -2.48. The Morgan fingerprint density at radius 3 is 2.43 bits per heavy atom. The van der Waals surface area contributed by atoms with Gasteiger partial charge in [-0.15, -0.1) is 0 Å². The van der Waals surface area contributed by atoms with E-state index in [1.807, 2.05) is 66.7 Å². The molecule has 1 nitrogen and oxygen atoms in total. The maximum absolute atomic E-state index is 9.16. The van der Waals surface area contributed by atoms with E-state index >= 15 is 0 Å². The monoisotopic (exact) mass is 291 g/mol. The van der Waals surface area contributed by atoms with Crippen LogP contribution in [0.15, 0.2) is 60.7 Å². The van der Waals surface area contributed by atoms with Gasteiger partial charge in [-0.1, -0.05) is 65.9 Å². The summed E-state index contributed by atoms with van der Waals surface area (Å²) in [5, 5.41) is 9.86. The smallest absolute Gasteiger partial charge is 0.0756 e. The molecule has 0 bridgehead atoms. The van der Waals surface area contributed by atoms with Gasteiger partial charge >= 0.3 is 0 Å². The van der Waals surface area contributed by atoms with Crippen molar-refractivity contribution in [2.75, 3.05) is 0 Å². The Kier molecular flexibility index (Phi) is 5.65. The van der Waals surface area contributed by atoms with Gasteiger partial charge in [0.2, 0.25) is 0 Å². The Balaban J connectivity index is 1.96. The second kappa shape index (κ2) is 7.95. The summed E-state index contributed by atoms with van der Waals surface area (Å²) in [6, 6.07) is 19.5. The van der Waals surface area contributed by atoms with Crippen molar-refractivity contribution >= 4 is 17.7 Å². The molecule has 0 spiro atoms. The topological polar surface area (TPSA) is 23.8 Å². The molecule has 0 N–H and O–H groups in total. The molecular formula is C19H14ClN. The Labute approximate surface area is 130 Å². The van der Waals surface area contributed by atoms with E-state index in [-0.39, 0.29) is 5.92 Å². The predicted octanol–water partition coefficient (Wildman–Crippen LogP) is 4.93. The van der Waals surface area contributed by atoms with E-state index in [9.17, 15) is 0 Å². The number of hydrogen-bond acceptors (Lipinski definition) is 1. The largest absolute Gasteiger partial charge is 0.198 e. The Morgan fingerprint density at radius 2 is 1.76 bits per heavy atom. The molecule has 2 aromatic carbocycles. The van der Waals surface area contributed by atoms with Gasteiger partial charge in [-0.05, 0) is 29.8 Å². The first kappa shape index (κ1) is 14.9. The highest BCUT2D eigenvalue weighted by Crippen LogP contribution is 2.12. The van der Waals surface area contributed by atoms with E-state index in [4.69, 9.17) is 16.9 Å². The van der Waals surface area contributed by atoms with Crippen molar-refractivity contribution in [1.82, 2.24) is 0 Å². The lowest BCUT2D eigenvalue weighted by atomic mass is 10.1. The van der Waals surface area contributed by atoms with Crippen LogP contribution in [0.3, 0.4) is 0 Å². The van der Waals surface area contributed by atoms with Crippen molar-refractivity contribution in [2.45, 2.75) is 6.42 Å². The van der Waals surface area contributed by atoms with E-state index in [2.05, 4.69) is 17.9 Å². The number of rotatable bonds is 3. The van der Waals surface area contributed by atoms with Crippen LogP contribution in [-0.2, 0) is 0 Å². The summed E-state index contributed by atoms with van der Waals surface area (Å²) in [6.45, 7) is 0. The first-order valence-electron chi connectivity index (χ1n) is 6.65. The zero-order valence-electron chi connectivity index (χ0n) is 11.5. The molecule has 0 fully saturated rings. The quantitative estimate of drug-likeness (QED) is 0.735. The van der Waals surface area contributed by atoms with Gasteiger partial charge in [0, 0.05) is 17.0 Å². The molecule has 0 saturated carbocycles. The molecule has 2 heteroatoms. The number of benzene rings is 2. The molecule has 0 aromatic heterocycles. The van der Waals surface area contributed by atoms with E-state index in [0.29, 0.717) is 11.4 Å². The van der Waals surface area contributed by atoms with Crippen LogP contribution in [0.1, 0.15) is 17.5 Å². The number of hydrogen-bond donors (Lipinski definition) is 0. The van der Waals surface area contributed by atoms with Crippen LogP contribution < -0.4 is 0 Å². The first-order valence-corrected chi connectivity index (χ1v) is 7.03. The van der Waals surface area contributed by atoms with Gasteiger partial charge in [0.25, 0.3) is 0 Å². The van der Waals surface area contributed by atoms with Gasteiger partial charge < -0.3 is 0 Å². The lowest BCUT2D eigenvalue weighted by Gasteiger charge is -1.97. The van der Waals surface area contributed by atoms with Crippen LogP contribution in [0.2, 0.25) is 5.02 Å². The number of nitriles is 1. The Bertz CT molecular complexity index is 697. The van der Waals surface area contributed by atoms with Gasteiger partial charge in [-0.2, -0.15) is 5.26 Å². The molecule has 0 aliphatic rings. The van der Waals surface area contributed by atoms with Gasteiger partial charge in [-0.25, -0.2) is 0 Å². The molecule has 0 heterocycles. The third kappa shape index (κ3) is 5.19. The SMILES string of the molecule is N#CC(/C=C/c1ccc(Cl)cc1)CC#Cc1ccccc1. The molecule has 2 aromatic rings. The molecule has 1 unspecified atom stereocenters. The van der Waals surface area contributed by atoms with Crippen molar-refractivity contribution in [3.8, 4) is 17.9 Å². The fourth-order valence-corrected chi connectivity index (χ4v) is 1.87. The summed E-state index contributed by atoms with van der Waals surface area (Å²) in [6.07, 6.45) is 4.33. The van der Waals surface area contributed by atoms with Crippen molar-refractivity contribution in [2.24, 2.45) is 5.92 Å². The molecule has 0 amide bonds. The second-order valence-electron chi connectivity index (χ2n) is 4.52. The standard InChI is InChI=1S/C19H14ClN/c20-19-13-11-17(12-14-19)9-10-18(15-21)8-4-7-16-5-2-1-3-6-16/h1-3,5-6,9-14,18H,8H2/b10-9+. The number of halogens is 1. The van der Waals surface area contributed by atoms with Gasteiger partial charge in [0.15, 0.2) is 0 Å². The third-order valence-electron chi connectivity index (χ3n) is 2.89. The zero-order chi connectivity index (χ0) is 14.9. The molecular weight excluding hydrogens is 278 g/mol. The van der Waals surface area contributed by atoms with E-state index in [0.717, 1.165) is 11.1 Å². The van der Waals surface area contributed by atoms with Gasteiger partial charge in [-0.3, -0.25) is 0 Å². The molecule has 2 rings (SSSR count). The molecule has 0 aliphatic heterocycles. The molecule has 0 saturated heterocycles. The molecule has 0 radical (unpaired) electrons. The fourth-order valence-electron chi connectivity index (χ4n) is 1.74. The average molecular weight is 292 g/mol. The minimum absolute atomic E-state index is 0.211. The van der Waals surface area contributed by atoms with Crippen molar-refractivity contribution in [3.05, 3.63) is 76.8 Å². The van der Waals surface area contributed by atoms with Crippen LogP contribution in [0, 0.1) is 29.1 Å². The summed E-state index contributed by atoms with van der Waals surface area (Å²) in [7, 11) is 0.